The quantitative estimate of drug-likeness (QED) is 0.207. The molecule has 0 heterocycles. The van der Waals surface area contributed by atoms with Crippen LogP contribution in [0.15, 0.2) is 36.4 Å². The Morgan fingerprint density at radius 2 is 1.13 bits per heavy atom. The van der Waals surface area contributed by atoms with Gasteiger partial charge in [-0.25, -0.2) is 22.0 Å². The van der Waals surface area contributed by atoms with E-state index in [1.807, 2.05) is 6.92 Å². The van der Waals surface area contributed by atoms with Crippen LogP contribution < -0.4 is 4.74 Å². The summed E-state index contributed by atoms with van der Waals surface area (Å²) in [6.07, 6.45) is 5.48. The molecule has 4 rings (SSSR count). The summed E-state index contributed by atoms with van der Waals surface area (Å²) in [5.41, 5.74) is 0.626. The van der Waals surface area contributed by atoms with E-state index in [9.17, 15) is 22.0 Å². The first kappa shape index (κ1) is 27.8. The molecule has 1 saturated carbocycles. The third kappa shape index (κ3) is 5.62. The monoisotopic (exact) mass is 532 g/mol. The van der Waals surface area contributed by atoms with Crippen LogP contribution in [0.1, 0.15) is 85.6 Å². The van der Waals surface area contributed by atoms with Gasteiger partial charge in [-0.3, -0.25) is 0 Å². The Balaban J connectivity index is 1.47. The first-order valence-electron chi connectivity index (χ1n) is 13.0. The summed E-state index contributed by atoms with van der Waals surface area (Å²) in [6, 6.07) is 8.77. The summed E-state index contributed by atoms with van der Waals surface area (Å²) in [6.45, 7) is 3.77. The van der Waals surface area contributed by atoms with E-state index in [2.05, 4.69) is 0 Å². The summed E-state index contributed by atoms with van der Waals surface area (Å²) in [5.74, 6) is -6.58. The van der Waals surface area contributed by atoms with Crippen molar-refractivity contribution in [1.29, 1.82) is 0 Å². The Morgan fingerprint density at radius 3 is 1.68 bits per heavy atom. The molecule has 0 atom stereocenters. The van der Waals surface area contributed by atoms with Crippen molar-refractivity contribution in [3.63, 3.8) is 0 Å². The maximum absolute atomic E-state index is 15.0. The van der Waals surface area contributed by atoms with Gasteiger partial charge in [-0.05, 0) is 73.6 Å². The van der Waals surface area contributed by atoms with Crippen molar-refractivity contribution in [2.24, 2.45) is 0 Å². The van der Waals surface area contributed by atoms with Crippen LogP contribution in [-0.2, 0) is 6.42 Å². The highest BCUT2D eigenvalue weighted by atomic mass is 19.2. The number of halogens is 6. The Bertz CT molecular complexity index is 1320. The average Bonchev–Trinajstić information content (AvgIpc) is 2.92. The van der Waals surface area contributed by atoms with E-state index >= 15 is 4.39 Å². The second-order valence-corrected chi connectivity index (χ2v) is 9.66. The van der Waals surface area contributed by atoms with Gasteiger partial charge in [0.2, 0.25) is 5.82 Å². The number of hydrogen-bond donors (Lipinski definition) is 0. The molecule has 0 amide bonds. The molecule has 202 valence electrons. The lowest BCUT2D eigenvalue weighted by molar-refractivity contribution is 0.310. The minimum absolute atomic E-state index is 0.0532. The molecule has 0 aromatic heterocycles. The first-order valence-corrected chi connectivity index (χ1v) is 13.0. The zero-order valence-corrected chi connectivity index (χ0v) is 21.4. The molecule has 0 saturated heterocycles. The lowest BCUT2D eigenvalue weighted by atomic mass is 9.75. The van der Waals surface area contributed by atoms with Crippen molar-refractivity contribution in [3.8, 4) is 5.75 Å². The molecule has 1 nitrogen and oxygen atoms in total. The molecule has 3 aromatic carbocycles. The number of ether oxygens (including phenoxy) is 1. The van der Waals surface area contributed by atoms with E-state index in [1.54, 1.807) is 6.92 Å². The molecule has 1 aliphatic carbocycles. The molecular formula is C31H30F6O. The molecular weight excluding hydrogens is 502 g/mol. The zero-order valence-electron chi connectivity index (χ0n) is 21.4. The number of rotatable bonds is 8. The van der Waals surface area contributed by atoms with Crippen LogP contribution in [0.4, 0.5) is 26.3 Å². The molecule has 0 spiro atoms. The van der Waals surface area contributed by atoms with E-state index in [0.29, 0.717) is 38.5 Å². The van der Waals surface area contributed by atoms with Crippen molar-refractivity contribution in [1.82, 2.24) is 0 Å². The van der Waals surface area contributed by atoms with Crippen molar-refractivity contribution in [2.75, 3.05) is 6.61 Å². The summed E-state index contributed by atoms with van der Waals surface area (Å²) in [5, 5.41) is 0. The van der Waals surface area contributed by atoms with Crippen molar-refractivity contribution in [3.05, 3.63) is 99.1 Å². The van der Waals surface area contributed by atoms with Gasteiger partial charge in [0, 0.05) is 11.1 Å². The average molecular weight is 533 g/mol. The fourth-order valence-electron chi connectivity index (χ4n) is 5.24. The van der Waals surface area contributed by atoms with Gasteiger partial charge in [0.25, 0.3) is 0 Å². The predicted octanol–water partition coefficient (Wildman–Crippen LogP) is 9.48. The molecule has 7 heteroatoms. The second-order valence-electron chi connectivity index (χ2n) is 9.66. The fraction of sp³-hybridized carbons (Fsp3) is 0.355. The maximum Gasteiger partial charge on any atom is 0.200 e. The molecule has 3 aromatic rings. The number of hydrogen-bond acceptors (Lipinski definition) is 1. The molecule has 1 fully saturated rings. The molecule has 1 aliphatic rings. The van der Waals surface area contributed by atoms with E-state index < -0.39 is 34.9 Å². The minimum Gasteiger partial charge on any atom is -0.491 e. The van der Waals surface area contributed by atoms with Crippen LogP contribution in [0, 0.1) is 34.9 Å². The minimum atomic E-state index is -1.07. The van der Waals surface area contributed by atoms with Gasteiger partial charge in [0.1, 0.15) is 0 Å². The third-order valence-electron chi connectivity index (χ3n) is 7.28. The van der Waals surface area contributed by atoms with Gasteiger partial charge >= 0.3 is 0 Å². The Labute approximate surface area is 219 Å². The largest absolute Gasteiger partial charge is 0.491 e. The van der Waals surface area contributed by atoms with E-state index in [4.69, 9.17) is 4.74 Å². The van der Waals surface area contributed by atoms with Crippen LogP contribution in [0.2, 0.25) is 0 Å². The maximum atomic E-state index is 15.0. The van der Waals surface area contributed by atoms with Gasteiger partial charge in [-0.1, -0.05) is 55.8 Å². The Morgan fingerprint density at radius 1 is 0.632 bits per heavy atom. The summed E-state index contributed by atoms with van der Waals surface area (Å²) >= 11 is 0. The molecule has 38 heavy (non-hydrogen) atoms. The standard InChI is InChI=1S/C31H30F6O/c1-3-5-20-10-11-21(27(33)26(20)32)12-13-22-14-15-23(29(35)28(22)34)18-6-8-19(9-7-18)24-16-17-25(38-4-2)31(37)30(24)36/h10-19H,3-9H2,1-2H3/b13-12+. The number of aryl methyl sites for hydroxylation is 1. The highest BCUT2D eigenvalue weighted by Gasteiger charge is 2.29. The van der Waals surface area contributed by atoms with Gasteiger partial charge in [-0.15, -0.1) is 0 Å². The lowest BCUT2D eigenvalue weighted by Gasteiger charge is -2.30. The first-order chi connectivity index (χ1) is 18.3. The van der Waals surface area contributed by atoms with E-state index in [-0.39, 0.29) is 52.0 Å². The molecule has 0 aliphatic heterocycles. The normalized spacial score (nSPS) is 17.8. The van der Waals surface area contributed by atoms with Gasteiger partial charge in [0.15, 0.2) is 34.8 Å². The summed E-state index contributed by atoms with van der Waals surface area (Å²) in [4.78, 5) is 0. The second kappa shape index (κ2) is 12.1. The molecule has 0 N–H and O–H groups in total. The molecule has 0 bridgehead atoms. The smallest absolute Gasteiger partial charge is 0.200 e. The van der Waals surface area contributed by atoms with Crippen molar-refractivity contribution in [2.45, 2.75) is 64.2 Å². The Hall–Kier alpha value is -3.22. The summed E-state index contributed by atoms with van der Waals surface area (Å²) in [7, 11) is 0. The molecule has 0 unspecified atom stereocenters. The third-order valence-corrected chi connectivity index (χ3v) is 7.28. The van der Waals surface area contributed by atoms with Crippen LogP contribution in [0.25, 0.3) is 12.2 Å². The molecule has 0 radical (unpaired) electrons. The lowest BCUT2D eigenvalue weighted by Crippen LogP contribution is -2.15. The Kier molecular flexibility index (Phi) is 8.85. The van der Waals surface area contributed by atoms with Crippen molar-refractivity contribution >= 4 is 12.2 Å². The van der Waals surface area contributed by atoms with E-state index in [0.717, 1.165) is 0 Å². The highest BCUT2D eigenvalue weighted by Crippen LogP contribution is 2.43. The number of benzene rings is 3. The van der Waals surface area contributed by atoms with Crippen LogP contribution >= 0.6 is 0 Å². The van der Waals surface area contributed by atoms with Crippen LogP contribution in [0.3, 0.4) is 0 Å². The topological polar surface area (TPSA) is 9.23 Å². The predicted molar refractivity (Wildman–Crippen MR) is 137 cm³/mol. The summed E-state index contributed by atoms with van der Waals surface area (Å²) < 4.78 is 92.6. The highest BCUT2D eigenvalue weighted by molar-refractivity contribution is 5.70. The van der Waals surface area contributed by atoms with Crippen LogP contribution in [0.5, 0.6) is 5.75 Å². The SMILES string of the molecule is CCCc1ccc(/C=C/c2ccc(C3CCC(c4ccc(OCC)c(F)c4F)CC3)c(F)c2F)c(F)c1F. The van der Waals surface area contributed by atoms with Gasteiger partial charge < -0.3 is 4.74 Å². The van der Waals surface area contributed by atoms with Crippen molar-refractivity contribution < 1.29 is 31.1 Å². The fourth-order valence-corrected chi connectivity index (χ4v) is 5.24. The van der Waals surface area contributed by atoms with Gasteiger partial charge in [-0.2, -0.15) is 4.39 Å². The zero-order chi connectivity index (χ0) is 27.4. The van der Waals surface area contributed by atoms with E-state index in [1.165, 1.54) is 48.6 Å². The van der Waals surface area contributed by atoms with Gasteiger partial charge in [0.05, 0.1) is 6.61 Å². The van der Waals surface area contributed by atoms with Crippen LogP contribution in [-0.4, -0.2) is 6.61 Å².